The van der Waals surface area contributed by atoms with Crippen LogP contribution >= 0.6 is 0 Å². The van der Waals surface area contributed by atoms with E-state index in [1.54, 1.807) is 0 Å². The van der Waals surface area contributed by atoms with Gasteiger partial charge in [-0.25, -0.2) is 0 Å². The Labute approximate surface area is 81.9 Å². The van der Waals surface area contributed by atoms with E-state index in [9.17, 15) is 0 Å². The molecule has 0 aromatic heterocycles. The standard InChI is InChI=1S/C11H22N2/c1-9(2)13-6-10-5-12(4)7-11(10,3)8-13/h9-10H,5-8H2,1-4H3. The number of likely N-dealkylation sites (tertiary alicyclic amines) is 2. The molecule has 0 saturated carbocycles. The zero-order chi connectivity index (χ0) is 9.64. The Morgan fingerprint density at radius 1 is 1.23 bits per heavy atom. The van der Waals surface area contributed by atoms with Crippen molar-refractivity contribution in [2.45, 2.75) is 26.8 Å². The minimum Gasteiger partial charge on any atom is -0.305 e. The average Bonchev–Trinajstić information content (AvgIpc) is 2.38. The second-order valence-electron chi connectivity index (χ2n) is 5.57. The number of hydrogen-bond donors (Lipinski definition) is 0. The van der Waals surface area contributed by atoms with E-state index in [4.69, 9.17) is 0 Å². The zero-order valence-corrected chi connectivity index (χ0v) is 9.38. The second kappa shape index (κ2) is 2.96. The third kappa shape index (κ3) is 1.50. The van der Waals surface area contributed by atoms with Gasteiger partial charge in [0.05, 0.1) is 0 Å². The molecule has 0 N–H and O–H groups in total. The summed E-state index contributed by atoms with van der Waals surface area (Å²) in [7, 11) is 2.25. The summed E-state index contributed by atoms with van der Waals surface area (Å²) in [6, 6.07) is 0.729. The lowest BCUT2D eigenvalue weighted by atomic mass is 9.83. The van der Waals surface area contributed by atoms with Crippen LogP contribution in [0.1, 0.15) is 20.8 Å². The number of hydrogen-bond acceptors (Lipinski definition) is 2. The average molecular weight is 182 g/mol. The third-order valence-corrected chi connectivity index (χ3v) is 3.90. The number of rotatable bonds is 1. The smallest absolute Gasteiger partial charge is 0.00540 e. The lowest BCUT2D eigenvalue weighted by Crippen LogP contribution is -2.34. The third-order valence-electron chi connectivity index (χ3n) is 3.90. The van der Waals surface area contributed by atoms with Gasteiger partial charge in [-0.15, -0.1) is 0 Å². The van der Waals surface area contributed by atoms with E-state index in [0.717, 1.165) is 12.0 Å². The first kappa shape index (κ1) is 9.47. The Bertz CT molecular complexity index is 202. The van der Waals surface area contributed by atoms with Crippen molar-refractivity contribution in [3.63, 3.8) is 0 Å². The lowest BCUT2D eigenvalue weighted by Gasteiger charge is -2.26. The second-order valence-corrected chi connectivity index (χ2v) is 5.57. The molecule has 2 aliphatic heterocycles. The fourth-order valence-corrected chi connectivity index (χ4v) is 3.07. The highest BCUT2D eigenvalue weighted by atomic mass is 15.2. The quantitative estimate of drug-likeness (QED) is 0.603. The first-order valence-corrected chi connectivity index (χ1v) is 5.44. The predicted octanol–water partition coefficient (Wildman–Crippen LogP) is 1.28. The largest absolute Gasteiger partial charge is 0.305 e. The number of fused-ring (bicyclic) bond motifs is 1. The first-order chi connectivity index (χ1) is 6.01. The van der Waals surface area contributed by atoms with Gasteiger partial charge >= 0.3 is 0 Å². The van der Waals surface area contributed by atoms with E-state index in [1.807, 2.05) is 0 Å². The van der Waals surface area contributed by atoms with Gasteiger partial charge in [0.1, 0.15) is 0 Å². The van der Waals surface area contributed by atoms with Gasteiger partial charge in [0.2, 0.25) is 0 Å². The molecule has 0 amide bonds. The van der Waals surface area contributed by atoms with E-state index in [2.05, 4.69) is 37.6 Å². The molecule has 2 saturated heterocycles. The van der Waals surface area contributed by atoms with Crippen molar-refractivity contribution in [3.05, 3.63) is 0 Å². The molecule has 2 atom stereocenters. The summed E-state index contributed by atoms with van der Waals surface area (Å²) in [6.07, 6.45) is 0. The summed E-state index contributed by atoms with van der Waals surface area (Å²) in [6.45, 7) is 12.3. The summed E-state index contributed by atoms with van der Waals surface area (Å²) < 4.78 is 0. The van der Waals surface area contributed by atoms with Crippen LogP contribution in [0, 0.1) is 11.3 Å². The molecule has 0 aromatic carbocycles. The van der Waals surface area contributed by atoms with Crippen molar-refractivity contribution in [3.8, 4) is 0 Å². The van der Waals surface area contributed by atoms with Crippen molar-refractivity contribution in [1.82, 2.24) is 9.80 Å². The highest BCUT2D eigenvalue weighted by molar-refractivity contribution is 5.01. The molecule has 0 radical (unpaired) electrons. The predicted molar refractivity (Wildman–Crippen MR) is 55.8 cm³/mol. The molecule has 0 spiro atoms. The molecule has 13 heavy (non-hydrogen) atoms. The first-order valence-electron chi connectivity index (χ1n) is 5.44. The van der Waals surface area contributed by atoms with Crippen molar-refractivity contribution in [1.29, 1.82) is 0 Å². The molecule has 0 bridgehead atoms. The molecule has 2 fully saturated rings. The molecule has 2 heterocycles. The van der Waals surface area contributed by atoms with Crippen molar-refractivity contribution < 1.29 is 0 Å². The van der Waals surface area contributed by atoms with Gasteiger partial charge in [-0.1, -0.05) is 6.92 Å². The fraction of sp³-hybridized carbons (Fsp3) is 1.00. The highest BCUT2D eigenvalue weighted by Gasteiger charge is 2.48. The SMILES string of the molecule is CC(C)N1CC2CN(C)CC2(C)C1. The minimum absolute atomic E-state index is 0.582. The van der Waals surface area contributed by atoms with Crippen LogP contribution in [0.2, 0.25) is 0 Å². The van der Waals surface area contributed by atoms with Crippen LogP contribution in [0.25, 0.3) is 0 Å². The minimum atomic E-state index is 0.582. The van der Waals surface area contributed by atoms with Crippen LogP contribution in [0.5, 0.6) is 0 Å². The van der Waals surface area contributed by atoms with Crippen LogP contribution in [0.3, 0.4) is 0 Å². The van der Waals surface area contributed by atoms with Crippen LogP contribution in [-0.2, 0) is 0 Å². The van der Waals surface area contributed by atoms with E-state index in [0.29, 0.717) is 5.41 Å². The topological polar surface area (TPSA) is 6.48 Å². The molecule has 0 aliphatic carbocycles. The van der Waals surface area contributed by atoms with Gasteiger partial charge in [0.25, 0.3) is 0 Å². The van der Waals surface area contributed by atoms with Gasteiger partial charge in [-0.2, -0.15) is 0 Å². The Hall–Kier alpha value is -0.0800. The molecular weight excluding hydrogens is 160 g/mol. The fourth-order valence-electron chi connectivity index (χ4n) is 3.07. The van der Waals surface area contributed by atoms with Gasteiger partial charge in [-0.05, 0) is 32.2 Å². The summed E-state index contributed by atoms with van der Waals surface area (Å²) in [4.78, 5) is 5.12. The number of nitrogens with zero attached hydrogens (tertiary/aromatic N) is 2. The Morgan fingerprint density at radius 2 is 1.92 bits per heavy atom. The maximum Gasteiger partial charge on any atom is 0.00540 e. The van der Waals surface area contributed by atoms with Gasteiger partial charge in [-0.3, -0.25) is 4.90 Å². The van der Waals surface area contributed by atoms with E-state index < -0.39 is 0 Å². The molecule has 0 aromatic rings. The van der Waals surface area contributed by atoms with Crippen LogP contribution < -0.4 is 0 Å². The molecule has 2 nitrogen and oxygen atoms in total. The van der Waals surface area contributed by atoms with Crippen molar-refractivity contribution >= 4 is 0 Å². The summed E-state index contributed by atoms with van der Waals surface area (Å²) in [5, 5.41) is 0. The van der Waals surface area contributed by atoms with Gasteiger partial charge < -0.3 is 4.90 Å². The Balaban J connectivity index is 2.06. The lowest BCUT2D eigenvalue weighted by molar-refractivity contribution is 0.211. The molecule has 2 unspecified atom stereocenters. The van der Waals surface area contributed by atoms with Crippen molar-refractivity contribution in [2.24, 2.45) is 11.3 Å². The van der Waals surface area contributed by atoms with Crippen LogP contribution in [0.15, 0.2) is 0 Å². The van der Waals surface area contributed by atoms with Crippen LogP contribution in [-0.4, -0.2) is 49.1 Å². The van der Waals surface area contributed by atoms with Gasteiger partial charge in [0.15, 0.2) is 0 Å². The Morgan fingerprint density at radius 3 is 2.46 bits per heavy atom. The Kier molecular flexibility index (Phi) is 2.16. The van der Waals surface area contributed by atoms with E-state index in [1.165, 1.54) is 26.2 Å². The normalized spacial score (nSPS) is 41.8. The van der Waals surface area contributed by atoms with E-state index in [-0.39, 0.29) is 0 Å². The molecular formula is C11H22N2. The zero-order valence-electron chi connectivity index (χ0n) is 9.38. The summed E-state index contributed by atoms with van der Waals surface area (Å²) in [5.41, 5.74) is 0.582. The molecule has 2 heteroatoms. The highest BCUT2D eigenvalue weighted by Crippen LogP contribution is 2.41. The maximum atomic E-state index is 2.64. The van der Waals surface area contributed by atoms with Gasteiger partial charge in [0, 0.05) is 32.2 Å². The molecule has 76 valence electrons. The maximum absolute atomic E-state index is 2.64. The van der Waals surface area contributed by atoms with E-state index >= 15 is 0 Å². The molecule has 2 aliphatic rings. The van der Waals surface area contributed by atoms with Crippen molar-refractivity contribution in [2.75, 3.05) is 33.2 Å². The monoisotopic (exact) mass is 182 g/mol. The molecule has 2 rings (SSSR count). The summed E-state index contributed by atoms with van der Waals surface area (Å²) in [5.74, 6) is 0.917. The van der Waals surface area contributed by atoms with Crippen LogP contribution in [0.4, 0.5) is 0 Å². The summed E-state index contributed by atoms with van der Waals surface area (Å²) >= 11 is 0.